The maximum Gasteiger partial charge on any atom is 0.0113 e. The van der Waals surface area contributed by atoms with Gasteiger partial charge in [0.15, 0.2) is 0 Å². The summed E-state index contributed by atoms with van der Waals surface area (Å²) in [7, 11) is 2.27. The fourth-order valence-corrected chi connectivity index (χ4v) is 3.84. The van der Waals surface area contributed by atoms with Crippen molar-refractivity contribution in [3.05, 3.63) is 0 Å². The van der Waals surface area contributed by atoms with Crippen LogP contribution in [0.25, 0.3) is 0 Å². The SMILES string of the molecule is CCCCCCCCC(CCCCCCC)N1CCN(C)CC1. The minimum Gasteiger partial charge on any atom is -0.304 e. The molecule has 1 rings (SSSR count). The standard InChI is InChI=1S/C21H44N2/c1-4-6-8-10-12-14-16-21(15-13-11-9-7-5-2)23-19-17-22(3)18-20-23/h21H,4-20H2,1-3H3. The average molecular weight is 325 g/mol. The molecule has 1 fully saturated rings. The first-order chi connectivity index (χ1) is 11.3. The Morgan fingerprint density at radius 3 is 1.52 bits per heavy atom. The summed E-state index contributed by atoms with van der Waals surface area (Å²) in [6.45, 7) is 9.75. The maximum atomic E-state index is 2.81. The Morgan fingerprint density at radius 2 is 1.04 bits per heavy atom. The Bertz CT molecular complexity index is 246. The number of unbranched alkanes of at least 4 members (excludes halogenated alkanes) is 9. The molecule has 0 aromatic carbocycles. The molecule has 138 valence electrons. The Kier molecular flexibility index (Phi) is 13.0. The fraction of sp³-hybridized carbons (Fsp3) is 1.00. The van der Waals surface area contributed by atoms with Gasteiger partial charge in [-0.15, -0.1) is 0 Å². The summed E-state index contributed by atoms with van der Waals surface area (Å²) in [5.41, 5.74) is 0. The quantitative estimate of drug-likeness (QED) is 0.377. The molecule has 0 aromatic rings. The fourth-order valence-electron chi connectivity index (χ4n) is 3.84. The van der Waals surface area contributed by atoms with Gasteiger partial charge in [0.05, 0.1) is 0 Å². The van der Waals surface area contributed by atoms with Crippen LogP contribution in [0.1, 0.15) is 97.3 Å². The number of rotatable bonds is 14. The molecule has 1 unspecified atom stereocenters. The zero-order chi connectivity index (χ0) is 16.8. The number of likely N-dealkylation sites (N-methyl/N-ethyl adjacent to an activating group) is 1. The molecule has 1 saturated heterocycles. The van der Waals surface area contributed by atoms with E-state index in [1.807, 2.05) is 0 Å². The third kappa shape index (κ3) is 10.4. The van der Waals surface area contributed by atoms with Gasteiger partial charge in [-0.05, 0) is 19.9 Å². The van der Waals surface area contributed by atoms with Crippen molar-refractivity contribution in [3.63, 3.8) is 0 Å². The smallest absolute Gasteiger partial charge is 0.0113 e. The van der Waals surface area contributed by atoms with Gasteiger partial charge in [-0.3, -0.25) is 4.90 Å². The normalized spacial score (nSPS) is 18.4. The number of piperazine rings is 1. The van der Waals surface area contributed by atoms with Crippen LogP contribution in [0.2, 0.25) is 0 Å². The Balaban J connectivity index is 2.23. The summed E-state index contributed by atoms with van der Waals surface area (Å²) in [6.07, 6.45) is 18.6. The van der Waals surface area contributed by atoms with Crippen LogP contribution >= 0.6 is 0 Å². The van der Waals surface area contributed by atoms with E-state index in [1.54, 1.807) is 0 Å². The molecule has 2 heteroatoms. The number of hydrogen-bond acceptors (Lipinski definition) is 2. The van der Waals surface area contributed by atoms with Crippen molar-refractivity contribution >= 4 is 0 Å². The van der Waals surface area contributed by atoms with Gasteiger partial charge in [-0.25, -0.2) is 0 Å². The lowest BCUT2D eigenvalue weighted by Crippen LogP contribution is -2.49. The summed E-state index contributed by atoms with van der Waals surface area (Å²) in [5, 5.41) is 0. The highest BCUT2D eigenvalue weighted by atomic mass is 15.3. The second-order valence-electron chi connectivity index (χ2n) is 7.75. The van der Waals surface area contributed by atoms with Crippen molar-refractivity contribution in [1.82, 2.24) is 9.80 Å². The topological polar surface area (TPSA) is 6.48 Å². The first-order valence-corrected chi connectivity index (χ1v) is 10.7. The van der Waals surface area contributed by atoms with Crippen LogP contribution in [0.5, 0.6) is 0 Å². The molecule has 0 bridgehead atoms. The van der Waals surface area contributed by atoms with Gasteiger partial charge < -0.3 is 4.90 Å². The van der Waals surface area contributed by atoms with Crippen LogP contribution in [0.3, 0.4) is 0 Å². The highest BCUT2D eigenvalue weighted by Crippen LogP contribution is 2.19. The molecular formula is C21H44N2. The number of nitrogens with zero attached hydrogens (tertiary/aromatic N) is 2. The van der Waals surface area contributed by atoms with Gasteiger partial charge in [-0.1, -0.05) is 84.5 Å². The highest BCUT2D eigenvalue weighted by molar-refractivity contribution is 4.77. The van der Waals surface area contributed by atoms with Crippen molar-refractivity contribution in [2.24, 2.45) is 0 Å². The lowest BCUT2D eigenvalue weighted by molar-refractivity contribution is 0.0989. The third-order valence-electron chi connectivity index (χ3n) is 5.59. The molecule has 2 nitrogen and oxygen atoms in total. The van der Waals surface area contributed by atoms with Crippen LogP contribution in [-0.4, -0.2) is 49.1 Å². The molecule has 0 amide bonds. The highest BCUT2D eigenvalue weighted by Gasteiger charge is 2.21. The van der Waals surface area contributed by atoms with Crippen molar-refractivity contribution in [2.75, 3.05) is 33.2 Å². The van der Waals surface area contributed by atoms with E-state index in [0.29, 0.717) is 0 Å². The lowest BCUT2D eigenvalue weighted by Gasteiger charge is -2.38. The largest absolute Gasteiger partial charge is 0.304 e. The van der Waals surface area contributed by atoms with Gasteiger partial charge in [0, 0.05) is 32.2 Å². The summed E-state index contributed by atoms with van der Waals surface area (Å²) in [4.78, 5) is 5.30. The molecule has 1 aliphatic heterocycles. The summed E-state index contributed by atoms with van der Waals surface area (Å²) in [6, 6.07) is 0.872. The van der Waals surface area contributed by atoms with Gasteiger partial charge >= 0.3 is 0 Å². The molecule has 0 aliphatic carbocycles. The van der Waals surface area contributed by atoms with E-state index in [4.69, 9.17) is 0 Å². The Hall–Kier alpha value is -0.0800. The van der Waals surface area contributed by atoms with Gasteiger partial charge in [0.2, 0.25) is 0 Å². The van der Waals surface area contributed by atoms with Crippen molar-refractivity contribution < 1.29 is 0 Å². The van der Waals surface area contributed by atoms with Gasteiger partial charge in [-0.2, -0.15) is 0 Å². The summed E-state index contributed by atoms with van der Waals surface area (Å²) in [5.74, 6) is 0. The molecule has 1 atom stereocenters. The monoisotopic (exact) mass is 324 g/mol. The maximum absolute atomic E-state index is 2.81. The minimum atomic E-state index is 0.872. The molecule has 0 N–H and O–H groups in total. The first-order valence-electron chi connectivity index (χ1n) is 10.7. The molecule has 23 heavy (non-hydrogen) atoms. The van der Waals surface area contributed by atoms with Crippen LogP contribution in [-0.2, 0) is 0 Å². The van der Waals surface area contributed by atoms with Crippen molar-refractivity contribution in [2.45, 2.75) is 103 Å². The molecule has 1 heterocycles. The van der Waals surface area contributed by atoms with E-state index >= 15 is 0 Å². The molecule has 0 radical (unpaired) electrons. The third-order valence-corrected chi connectivity index (χ3v) is 5.59. The molecule has 0 aromatic heterocycles. The van der Waals surface area contributed by atoms with E-state index in [-0.39, 0.29) is 0 Å². The molecule has 0 spiro atoms. The summed E-state index contributed by atoms with van der Waals surface area (Å²) < 4.78 is 0. The first kappa shape index (κ1) is 21.0. The van der Waals surface area contributed by atoms with Crippen molar-refractivity contribution in [1.29, 1.82) is 0 Å². The van der Waals surface area contributed by atoms with Crippen LogP contribution < -0.4 is 0 Å². The van der Waals surface area contributed by atoms with Gasteiger partial charge in [0.1, 0.15) is 0 Å². The second kappa shape index (κ2) is 14.3. The average Bonchev–Trinajstić information content (AvgIpc) is 2.57. The van der Waals surface area contributed by atoms with Crippen LogP contribution in [0, 0.1) is 0 Å². The van der Waals surface area contributed by atoms with E-state index < -0.39 is 0 Å². The van der Waals surface area contributed by atoms with E-state index in [2.05, 4.69) is 30.7 Å². The second-order valence-corrected chi connectivity index (χ2v) is 7.75. The predicted molar refractivity (Wildman–Crippen MR) is 104 cm³/mol. The zero-order valence-corrected chi connectivity index (χ0v) is 16.5. The van der Waals surface area contributed by atoms with E-state index in [9.17, 15) is 0 Å². The summed E-state index contributed by atoms with van der Waals surface area (Å²) >= 11 is 0. The van der Waals surface area contributed by atoms with E-state index in [1.165, 1.54) is 110 Å². The van der Waals surface area contributed by atoms with Gasteiger partial charge in [0.25, 0.3) is 0 Å². The lowest BCUT2D eigenvalue weighted by atomic mass is 9.98. The predicted octanol–water partition coefficient (Wildman–Crippen LogP) is 5.71. The number of hydrogen-bond donors (Lipinski definition) is 0. The molecular weight excluding hydrogens is 280 g/mol. The van der Waals surface area contributed by atoms with Crippen LogP contribution in [0.4, 0.5) is 0 Å². The van der Waals surface area contributed by atoms with Crippen molar-refractivity contribution in [3.8, 4) is 0 Å². The Morgan fingerprint density at radius 1 is 0.609 bits per heavy atom. The van der Waals surface area contributed by atoms with E-state index in [0.717, 1.165) is 6.04 Å². The molecule has 1 aliphatic rings. The van der Waals surface area contributed by atoms with Crippen LogP contribution in [0.15, 0.2) is 0 Å². The Labute approximate surface area is 147 Å². The molecule has 0 saturated carbocycles. The minimum absolute atomic E-state index is 0.872. The zero-order valence-electron chi connectivity index (χ0n) is 16.5.